The first-order valence-corrected chi connectivity index (χ1v) is 10.2. The molecule has 0 aromatic heterocycles. The van der Waals surface area contributed by atoms with Gasteiger partial charge in [0.2, 0.25) is 0 Å². The number of hydrogen-bond acceptors (Lipinski definition) is 8. The van der Waals surface area contributed by atoms with E-state index in [0.717, 1.165) is 54.3 Å². The van der Waals surface area contributed by atoms with Gasteiger partial charge in [0.15, 0.2) is 0 Å². The maximum Gasteiger partial charge on any atom is 0.142 e. The molecule has 1 spiro atoms. The van der Waals surface area contributed by atoms with Crippen molar-refractivity contribution < 1.29 is 0 Å². The van der Waals surface area contributed by atoms with E-state index >= 15 is 0 Å². The first-order chi connectivity index (χ1) is 15.1. The van der Waals surface area contributed by atoms with Gasteiger partial charge in [-0.05, 0) is 47.2 Å². The summed E-state index contributed by atoms with van der Waals surface area (Å²) in [6.45, 7) is 2.31. The van der Waals surface area contributed by atoms with Gasteiger partial charge < -0.3 is 16.2 Å². The lowest BCUT2D eigenvalue weighted by Crippen LogP contribution is -2.62. The number of rotatable bonds is 6. The maximum absolute atomic E-state index is 8.68. The van der Waals surface area contributed by atoms with Gasteiger partial charge in [-0.3, -0.25) is 5.84 Å². The zero-order valence-electron chi connectivity index (χ0n) is 17.2. The fraction of sp³-hybridized carbons (Fsp3) is 0.333. The Morgan fingerprint density at radius 2 is 2.06 bits per heavy atom. The number of nitrogens with two attached hydrogens (primary N) is 1. The predicted molar refractivity (Wildman–Crippen MR) is 122 cm³/mol. The van der Waals surface area contributed by atoms with Gasteiger partial charge in [0.05, 0.1) is 23.5 Å². The summed E-state index contributed by atoms with van der Waals surface area (Å²) in [7, 11) is 0. The molecule has 2 aliphatic rings. The Balaban J connectivity index is 1.64. The SMILES string of the molecule is [N-]=[N+]=NCc1cc2c(cc1C=N)NC1(CCN(N)CC1)C(NNCc1ccccc1)=N2. The van der Waals surface area contributed by atoms with E-state index in [4.69, 9.17) is 21.8 Å². The highest BCUT2D eigenvalue weighted by atomic mass is 15.4. The molecule has 10 heteroatoms. The van der Waals surface area contributed by atoms with Crippen LogP contribution in [0.5, 0.6) is 0 Å². The zero-order chi connectivity index (χ0) is 21.7. The minimum absolute atomic E-state index is 0.173. The van der Waals surface area contributed by atoms with Crippen molar-refractivity contribution >= 4 is 23.4 Å². The zero-order valence-corrected chi connectivity index (χ0v) is 17.2. The topological polar surface area (TPSA) is 150 Å². The third-order valence-corrected chi connectivity index (χ3v) is 5.77. The summed E-state index contributed by atoms with van der Waals surface area (Å²) in [5.74, 6) is 6.82. The first kappa shape index (κ1) is 20.8. The summed E-state index contributed by atoms with van der Waals surface area (Å²) >= 11 is 0. The van der Waals surface area contributed by atoms with Crippen LogP contribution >= 0.6 is 0 Å². The molecule has 0 amide bonds. The van der Waals surface area contributed by atoms with E-state index in [1.807, 2.05) is 35.3 Å². The number of aliphatic imine (C=N–C) groups is 1. The molecule has 6 N–H and O–H groups in total. The summed E-state index contributed by atoms with van der Waals surface area (Å²) in [6.07, 6.45) is 2.86. The lowest BCUT2D eigenvalue weighted by atomic mass is 9.84. The van der Waals surface area contributed by atoms with E-state index in [2.05, 4.69) is 38.3 Å². The molecule has 2 aromatic rings. The molecule has 0 bridgehead atoms. The molecule has 31 heavy (non-hydrogen) atoms. The van der Waals surface area contributed by atoms with E-state index in [9.17, 15) is 0 Å². The van der Waals surface area contributed by atoms with Crippen LogP contribution in [0.2, 0.25) is 0 Å². The quantitative estimate of drug-likeness (QED) is 0.122. The summed E-state index contributed by atoms with van der Waals surface area (Å²) in [5.41, 5.74) is 19.2. The molecule has 10 nitrogen and oxygen atoms in total. The maximum atomic E-state index is 8.68. The van der Waals surface area contributed by atoms with Gasteiger partial charge in [-0.2, -0.15) is 0 Å². The third kappa shape index (κ3) is 4.52. The number of piperidine rings is 1. The van der Waals surface area contributed by atoms with Crippen LogP contribution < -0.4 is 22.0 Å². The molecule has 1 saturated heterocycles. The first-order valence-electron chi connectivity index (χ1n) is 10.2. The number of azide groups is 1. The highest BCUT2D eigenvalue weighted by Gasteiger charge is 2.42. The van der Waals surface area contributed by atoms with E-state index in [0.29, 0.717) is 12.1 Å². The molecular formula is C21H26N10. The van der Waals surface area contributed by atoms with Crippen molar-refractivity contribution in [3.05, 3.63) is 69.6 Å². The minimum Gasteiger partial charge on any atom is -0.371 e. The van der Waals surface area contributed by atoms with Gasteiger partial charge in [0.1, 0.15) is 5.84 Å². The Kier molecular flexibility index (Phi) is 6.15. The van der Waals surface area contributed by atoms with Crippen LogP contribution in [0.15, 0.2) is 52.6 Å². The monoisotopic (exact) mass is 418 g/mol. The van der Waals surface area contributed by atoms with Crippen LogP contribution in [0.4, 0.5) is 11.4 Å². The second kappa shape index (κ2) is 9.15. The van der Waals surface area contributed by atoms with Crippen molar-refractivity contribution in [3.8, 4) is 0 Å². The van der Waals surface area contributed by atoms with E-state index in [1.54, 1.807) is 0 Å². The molecular weight excluding hydrogens is 392 g/mol. The second-order valence-electron chi connectivity index (χ2n) is 7.77. The molecule has 0 aliphatic carbocycles. The van der Waals surface area contributed by atoms with Crippen LogP contribution in [0.3, 0.4) is 0 Å². The van der Waals surface area contributed by atoms with Crippen LogP contribution in [-0.2, 0) is 13.1 Å². The molecule has 0 saturated carbocycles. The number of fused-ring (bicyclic) bond motifs is 1. The molecule has 4 rings (SSSR count). The van der Waals surface area contributed by atoms with E-state index in [1.165, 1.54) is 6.21 Å². The number of amidine groups is 1. The Morgan fingerprint density at radius 3 is 2.77 bits per heavy atom. The molecule has 0 atom stereocenters. The second-order valence-corrected chi connectivity index (χ2v) is 7.77. The average molecular weight is 419 g/mol. The molecule has 2 aliphatic heterocycles. The Labute approximate surface area is 180 Å². The summed E-state index contributed by atoms with van der Waals surface area (Å²) in [4.78, 5) is 7.77. The van der Waals surface area contributed by atoms with Crippen molar-refractivity contribution in [3.63, 3.8) is 0 Å². The molecule has 0 unspecified atom stereocenters. The number of benzene rings is 2. The average Bonchev–Trinajstić information content (AvgIpc) is 2.80. The van der Waals surface area contributed by atoms with Crippen LogP contribution in [0, 0.1) is 5.41 Å². The number of anilines is 1. The molecule has 0 radical (unpaired) electrons. The normalized spacial score (nSPS) is 17.1. The highest BCUT2D eigenvalue weighted by Crippen LogP contribution is 2.39. The molecule has 1 fully saturated rings. The van der Waals surface area contributed by atoms with Crippen molar-refractivity contribution in [2.45, 2.75) is 31.5 Å². The summed E-state index contributed by atoms with van der Waals surface area (Å²) in [6, 6.07) is 13.9. The highest BCUT2D eigenvalue weighted by molar-refractivity contribution is 6.01. The Morgan fingerprint density at radius 1 is 1.29 bits per heavy atom. The number of nitrogens with one attached hydrogen (secondary N) is 4. The Hall–Kier alpha value is -3.43. The Bertz CT molecular complexity index is 1020. The van der Waals surface area contributed by atoms with Crippen molar-refractivity contribution in [1.29, 1.82) is 5.41 Å². The van der Waals surface area contributed by atoms with Gasteiger partial charge >= 0.3 is 0 Å². The molecule has 2 heterocycles. The van der Waals surface area contributed by atoms with Gasteiger partial charge in [0, 0.05) is 30.8 Å². The summed E-state index contributed by atoms with van der Waals surface area (Å²) in [5, 5.41) is 16.9. The summed E-state index contributed by atoms with van der Waals surface area (Å²) < 4.78 is 0. The molecule has 2 aromatic carbocycles. The lowest BCUT2D eigenvalue weighted by molar-refractivity contribution is 0.203. The van der Waals surface area contributed by atoms with Crippen LogP contribution in [-0.4, -0.2) is 35.7 Å². The van der Waals surface area contributed by atoms with E-state index < -0.39 is 0 Å². The molecule has 160 valence electrons. The van der Waals surface area contributed by atoms with Crippen LogP contribution in [0.25, 0.3) is 10.4 Å². The van der Waals surface area contributed by atoms with Crippen LogP contribution in [0.1, 0.15) is 29.5 Å². The van der Waals surface area contributed by atoms with Crippen molar-refractivity contribution in [2.24, 2.45) is 15.9 Å². The van der Waals surface area contributed by atoms with Gasteiger partial charge in [-0.1, -0.05) is 35.4 Å². The predicted octanol–water partition coefficient (Wildman–Crippen LogP) is 2.95. The lowest BCUT2D eigenvalue weighted by Gasteiger charge is -2.44. The van der Waals surface area contributed by atoms with Gasteiger partial charge in [-0.25, -0.2) is 15.4 Å². The van der Waals surface area contributed by atoms with Crippen molar-refractivity contribution in [2.75, 3.05) is 18.4 Å². The number of nitrogens with zero attached hydrogens (tertiary/aromatic N) is 5. The van der Waals surface area contributed by atoms with E-state index in [-0.39, 0.29) is 12.1 Å². The minimum atomic E-state index is -0.377. The number of hydrogen-bond donors (Lipinski definition) is 5. The fourth-order valence-corrected chi connectivity index (χ4v) is 4.01. The fourth-order valence-electron chi connectivity index (χ4n) is 4.01. The van der Waals surface area contributed by atoms with Crippen molar-refractivity contribution in [1.82, 2.24) is 15.9 Å². The van der Waals surface area contributed by atoms with Gasteiger partial charge in [-0.15, -0.1) is 0 Å². The smallest absolute Gasteiger partial charge is 0.142 e. The number of hydrazine groups is 2. The van der Waals surface area contributed by atoms with Gasteiger partial charge in [0.25, 0.3) is 0 Å². The largest absolute Gasteiger partial charge is 0.371 e. The third-order valence-electron chi connectivity index (χ3n) is 5.77. The standard InChI is InChI=1S/C21H26N10/c22-12-16-10-19-18(11-17(16)14-26-30-23)27-20(21(28-19)6-8-31(24)9-7-21)29-25-13-15-4-2-1-3-5-15/h1-5,10-12,22,25,28H,6-9,13-14,24H2,(H,27,29).